The van der Waals surface area contributed by atoms with Crippen LogP contribution in [0.2, 0.25) is 0 Å². The van der Waals surface area contributed by atoms with Gasteiger partial charge in [0.15, 0.2) is 0 Å². The summed E-state index contributed by atoms with van der Waals surface area (Å²) in [6, 6.07) is 11.4. The van der Waals surface area contributed by atoms with E-state index in [2.05, 4.69) is 9.88 Å². The minimum Gasteiger partial charge on any atom is -0.366 e. The molecule has 0 unspecified atom stereocenters. The smallest absolute Gasteiger partial charge is 0.254 e. The van der Waals surface area contributed by atoms with E-state index in [1.54, 1.807) is 11.0 Å². The number of piperazine rings is 1. The molecule has 1 aliphatic rings. The maximum atomic E-state index is 13.0. The molecule has 1 saturated heterocycles. The molecule has 0 bridgehead atoms. The number of amides is 2. The summed E-state index contributed by atoms with van der Waals surface area (Å²) in [6.45, 7) is 2.95. The van der Waals surface area contributed by atoms with Gasteiger partial charge in [-0.2, -0.15) is 0 Å². The second kappa shape index (κ2) is 5.89. The van der Waals surface area contributed by atoms with Crippen LogP contribution in [-0.4, -0.2) is 59.8 Å². The molecule has 6 heteroatoms. The zero-order chi connectivity index (χ0) is 17.6. The Kier molecular flexibility index (Phi) is 3.69. The van der Waals surface area contributed by atoms with Gasteiger partial charge in [0, 0.05) is 42.5 Å². The second-order valence-corrected chi connectivity index (χ2v) is 6.54. The molecule has 3 aromatic rings. The van der Waals surface area contributed by atoms with E-state index in [1.807, 2.05) is 37.4 Å². The number of benzene rings is 2. The van der Waals surface area contributed by atoms with Gasteiger partial charge in [-0.15, -0.1) is 0 Å². The highest BCUT2D eigenvalue weighted by Crippen LogP contribution is 2.30. The van der Waals surface area contributed by atoms with E-state index in [-0.39, 0.29) is 11.5 Å². The predicted molar refractivity (Wildman–Crippen MR) is 97.7 cm³/mol. The van der Waals surface area contributed by atoms with E-state index in [0.29, 0.717) is 24.2 Å². The number of fused-ring (bicyclic) bond motifs is 3. The van der Waals surface area contributed by atoms with Crippen molar-refractivity contribution in [2.24, 2.45) is 5.73 Å². The fourth-order valence-electron chi connectivity index (χ4n) is 3.53. The molecule has 4 rings (SSSR count). The first kappa shape index (κ1) is 15.7. The van der Waals surface area contributed by atoms with E-state index in [1.165, 1.54) is 0 Å². The SMILES string of the molecule is CN1CCN(C(=O)c2ccc3c([nH]c4ccccc43)c2C(N)=O)CC1. The van der Waals surface area contributed by atoms with Crippen molar-refractivity contribution < 1.29 is 9.59 Å². The first-order chi connectivity index (χ1) is 12.1. The molecule has 0 radical (unpaired) electrons. The normalized spacial score (nSPS) is 15.8. The van der Waals surface area contributed by atoms with Gasteiger partial charge in [-0.3, -0.25) is 9.59 Å². The molecule has 25 heavy (non-hydrogen) atoms. The fourth-order valence-corrected chi connectivity index (χ4v) is 3.53. The number of hydrogen-bond acceptors (Lipinski definition) is 3. The summed E-state index contributed by atoms with van der Waals surface area (Å²) < 4.78 is 0. The summed E-state index contributed by atoms with van der Waals surface area (Å²) in [5, 5.41) is 1.91. The van der Waals surface area contributed by atoms with E-state index < -0.39 is 5.91 Å². The number of nitrogens with two attached hydrogens (primary N) is 1. The zero-order valence-corrected chi connectivity index (χ0v) is 14.1. The summed E-state index contributed by atoms with van der Waals surface area (Å²) in [4.78, 5) is 32.4. The Hall–Kier alpha value is -2.86. The summed E-state index contributed by atoms with van der Waals surface area (Å²) in [5.41, 5.74) is 7.85. The molecule has 6 nitrogen and oxygen atoms in total. The number of para-hydroxylation sites is 1. The quantitative estimate of drug-likeness (QED) is 0.749. The van der Waals surface area contributed by atoms with Crippen molar-refractivity contribution in [2.75, 3.05) is 33.2 Å². The number of primary amides is 1. The second-order valence-electron chi connectivity index (χ2n) is 6.54. The highest BCUT2D eigenvalue weighted by Gasteiger charge is 2.26. The zero-order valence-electron chi connectivity index (χ0n) is 14.1. The van der Waals surface area contributed by atoms with Gasteiger partial charge in [0.1, 0.15) is 0 Å². The van der Waals surface area contributed by atoms with Gasteiger partial charge < -0.3 is 20.5 Å². The van der Waals surface area contributed by atoms with Crippen LogP contribution in [0.1, 0.15) is 20.7 Å². The van der Waals surface area contributed by atoms with Crippen molar-refractivity contribution in [3.05, 3.63) is 47.5 Å². The minimum absolute atomic E-state index is 0.137. The van der Waals surface area contributed by atoms with E-state index >= 15 is 0 Å². The van der Waals surface area contributed by atoms with Crippen LogP contribution in [0, 0.1) is 0 Å². The Morgan fingerprint density at radius 2 is 1.72 bits per heavy atom. The van der Waals surface area contributed by atoms with Crippen LogP contribution in [0.5, 0.6) is 0 Å². The first-order valence-corrected chi connectivity index (χ1v) is 8.37. The topological polar surface area (TPSA) is 82.4 Å². The van der Waals surface area contributed by atoms with Gasteiger partial charge in [-0.25, -0.2) is 0 Å². The molecule has 2 heterocycles. The standard InChI is InChI=1S/C19H20N4O2/c1-22-8-10-23(11-9-22)19(25)14-7-6-13-12-4-2-3-5-15(12)21-17(13)16(14)18(20)24/h2-7,21H,8-11H2,1H3,(H2,20,24). The Morgan fingerprint density at radius 3 is 2.44 bits per heavy atom. The molecule has 2 amide bonds. The monoisotopic (exact) mass is 336 g/mol. The first-order valence-electron chi connectivity index (χ1n) is 8.37. The molecule has 0 spiro atoms. The van der Waals surface area contributed by atoms with Crippen molar-refractivity contribution in [2.45, 2.75) is 0 Å². The number of aromatic amines is 1. The van der Waals surface area contributed by atoms with Crippen molar-refractivity contribution in [3.63, 3.8) is 0 Å². The van der Waals surface area contributed by atoms with Gasteiger partial charge in [0.2, 0.25) is 0 Å². The molecular weight excluding hydrogens is 316 g/mol. The number of likely N-dealkylation sites (N-methyl/N-ethyl adjacent to an activating group) is 1. The number of nitrogens with one attached hydrogen (secondary N) is 1. The average molecular weight is 336 g/mol. The Labute approximate surface area is 145 Å². The average Bonchev–Trinajstić information content (AvgIpc) is 2.99. The molecular formula is C19H20N4O2. The lowest BCUT2D eigenvalue weighted by atomic mass is 10.0. The number of H-pyrrole nitrogens is 1. The van der Waals surface area contributed by atoms with Crippen LogP contribution >= 0.6 is 0 Å². The van der Waals surface area contributed by atoms with Crippen LogP contribution in [0.3, 0.4) is 0 Å². The van der Waals surface area contributed by atoms with Crippen molar-refractivity contribution in [1.82, 2.24) is 14.8 Å². The Balaban J connectivity index is 1.86. The molecule has 3 N–H and O–H groups in total. The fraction of sp³-hybridized carbons (Fsp3) is 0.263. The lowest BCUT2D eigenvalue weighted by molar-refractivity contribution is 0.0660. The van der Waals surface area contributed by atoms with Crippen LogP contribution in [0.25, 0.3) is 21.8 Å². The maximum absolute atomic E-state index is 13.0. The van der Waals surface area contributed by atoms with Gasteiger partial charge in [0.05, 0.1) is 16.6 Å². The van der Waals surface area contributed by atoms with E-state index in [4.69, 9.17) is 5.73 Å². The largest absolute Gasteiger partial charge is 0.366 e. The molecule has 2 aromatic carbocycles. The lowest BCUT2D eigenvalue weighted by Gasteiger charge is -2.32. The number of aromatic nitrogens is 1. The predicted octanol–water partition coefficient (Wildman–Crippen LogP) is 1.81. The molecule has 0 atom stereocenters. The van der Waals surface area contributed by atoms with Gasteiger partial charge >= 0.3 is 0 Å². The summed E-state index contributed by atoms with van der Waals surface area (Å²) in [7, 11) is 2.03. The van der Waals surface area contributed by atoms with Crippen molar-refractivity contribution in [3.8, 4) is 0 Å². The molecule has 0 saturated carbocycles. The van der Waals surface area contributed by atoms with Crippen LogP contribution in [0.4, 0.5) is 0 Å². The third kappa shape index (κ3) is 2.55. The van der Waals surface area contributed by atoms with Crippen molar-refractivity contribution >= 4 is 33.6 Å². The third-order valence-corrected chi connectivity index (χ3v) is 4.95. The minimum atomic E-state index is -0.588. The Bertz CT molecular complexity index is 984. The van der Waals surface area contributed by atoms with Crippen LogP contribution in [0.15, 0.2) is 36.4 Å². The number of carbonyl (C=O) groups is 2. The number of carbonyl (C=O) groups excluding carboxylic acids is 2. The summed E-state index contributed by atoms with van der Waals surface area (Å²) >= 11 is 0. The molecule has 128 valence electrons. The summed E-state index contributed by atoms with van der Waals surface area (Å²) in [5.74, 6) is -0.725. The van der Waals surface area contributed by atoms with E-state index in [0.717, 1.165) is 29.4 Å². The van der Waals surface area contributed by atoms with Crippen LogP contribution in [-0.2, 0) is 0 Å². The number of nitrogens with zero attached hydrogens (tertiary/aromatic N) is 2. The highest BCUT2D eigenvalue weighted by atomic mass is 16.2. The van der Waals surface area contributed by atoms with Gasteiger partial charge in [-0.1, -0.05) is 24.3 Å². The third-order valence-electron chi connectivity index (χ3n) is 4.95. The molecule has 0 aliphatic carbocycles. The summed E-state index contributed by atoms with van der Waals surface area (Å²) in [6.07, 6.45) is 0. The molecule has 1 aliphatic heterocycles. The van der Waals surface area contributed by atoms with Crippen LogP contribution < -0.4 is 5.73 Å². The van der Waals surface area contributed by atoms with Crippen molar-refractivity contribution in [1.29, 1.82) is 0 Å². The van der Waals surface area contributed by atoms with Gasteiger partial charge in [0.25, 0.3) is 11.8 Å². The van der Waals surface area contributed by atoms with Gasteiger partial charge in [-0.05, 0) is 19.2 Å². The number of rotatable bonds is 2. The molecule has 1 aromatic heterocycles. The highest BCUT2D eigenvalue weighted by molar-refractivity contribution is 6.19. The maximum Gasteiger partial charge on any atom is 0.254 e. The lowest BCUT2D eigenvalue weighted by Crippen LogP contribution is -2.47. The molecule has 1 fully saturated rings. The van der Waals surface area contributed by atoms with E-state index in [9.17, 15) is 9.59 Å². The number of hydrogen-bond donors (Lipinski definition) is 2. The Morgan fingerprint density at radius 1 is 1.00 bits per heavy atom.